The molecule has 0 spiro atoms. The summed E-state index contributed by atoms with van der Waals surface area (Å²) in [5, 5.41) is 19.5. The fraction of sp³-hybridized carbons (Fsp3) is 0.200. The third-order valence-electron chi connectivity index (χ3n) is 4.12. The lowest BCUT2D eigenvalue weighted by molar-refractivity contribution is -0.140. The Kier molecular flexibility index (Phi) is 4.93. The number of methoxy groups -OCH3 is 1. The molecule has 1 aromatic heterocycles. The molecule has 134 valence electrons. The van der Waals surface area contributed by atoms with E-state index in [2.05, 4.69) is 4.74 Å². The highest BCUT2D eigenvalue weighted by molar-refractivity contribution is 5.84. The van der Waals surface area contributed by atoms with E-state index in [1.807, 2.05) is 0 Å². The molecule has 1 heterocycles. The number of aryl methyl sites for hydroxylation is 1. The molecule has 3 aromatic rings. The Hall–Kier alpha value is -3.28. The van der Waals surface area contributed by atoms with Crippen molar-refractivity contribution in [1.29, 1.82) is 0 Å². The number of esters is 1. The number of benzene rings is 2. The number of carbonyl (C=O) groups excluding carboxylic acids is 1. The minimum absolute atomic E-state index is 0.00135. The number of phenolic OH excluding ortho intramolecular Hbond substituents is 2. The van der Waals surface area contributed by atoms with Crippen LogP contribution in [-0.2, 0) is 16.0 Å². The molecule has 0 aliphatic carbocycles. The van der Waals surface area contributed by atoms with Gasteiger partial charge in [-0.2, -0.15) is 0 Å². The number of fused-ring (bicyclic) bond motifs is 1. The number of hydrogen-bond donors (Lipinski definition) is 2. The van der Waals surface area contributed by atoms with Crippen LogP contribution in [0.4, 0.5) is 0 Å². The van der Waals surface area contributed by atoms with Crippen LogP contribution in [0.25, 0.3) is 22.1 Å². The van der Waals surface area contributed by atoms with Crippen LogP contribution in [0, 0.1) is 0 Å². The van der Waals surface area contributed by atoms with Gasteiger partial charge in [-0.15, -0.1) is 0 Å². The van der Waals surface area contributed by atoms with Gasteiger partial charge < -0.3 is 19.4 Å². The second-order valence-electron chi connectivity index (χ2n) is 5.89. The monoisotopic (exact) mass is 354 g/mol. The summed E-state index contributed by atoms with van der Waals surface area (Å²) in [4.78, 5) is 24.3. The Morgan fingerprint density at radius 2 is 1.77 bits per heavy atom. The molecule has 0 saturated heterocycles. The van der Waals surface area contributed by atoms with Gasteiger partial charge in [0.15, 0.2) is 0 Å². The zero-order valence-corrected chi connectivity index (χ0v) is 14.2. The molecule has 2 aromatic carbocycles. The molecule has 6 heteroatoms. The average molecular weight is 354 g/mol. The SMILES string of the molecule is COC(=O)CCCc1oc2cc(O)ccc2c(=O)c1-c1ccc(O)cc1. The zero-order chi connectivity index (χ0) is 18.7. The van der Waals surface area contributed by atoms with E-state index in [0.717, 1.165) is 0 Å². The number of phenols is 2. The summed E-state index contributed by atoms with van der Waals surface area (Å²) in [6.07, 6.45) is 1.00. The molecule has 0 unspecified atom stereocenters. The summed E-state index contributed by atoms with van der Waals surface area (Å²) in [5.74, 6) is 0.175. The predicted octanol–water partition coefficient (Wildman–Crippen LogP) is 3.37. The first-order valence-electron chi connectivity index (χ1n) is 8.14. The first kappa shape index (κ1) is 17.5. The Balaban J connectivity index is 2.12. The van der Waals surface area contributed by atoms with Crippen molar-refractivity contribution in [1.82, 2.24) is 0 Å². The lowest BCUT2D eigenvalue weighted by Gasteiger charge is -2.10. The van der Waals surface area contributed by atoms with E-state index in [9.17, 15) is 19.8 Å². The summed E-state index contributed by atoms with van der Waals surface area (Å²) >= 11 is 0. The van der Waals surface area contributed by atoms with Crippen LogP contribution in [0.1, 0.15) is 18.6 Å². The summed E-state index contributed by atoms with van der Waals surface area (Å²) in [7, 11) is 1.32. The van der Waals surface area contributed by atoms with E-state index in [1.54, 1.807) is 12.1 Å². The van der Waals surface area contributed by atoms with E-state index >= 15 is 0 Å². The van der Waals surface area contributed by atoms with Crippen LogP contribution in [0.3, 0.4) is 0 Å². The molecule has 0 aliphatic rings. The largest absolute Gasteiger partial charge is 0.508 e. The molecule has 6 nitrogen and oxygen atoms in total. The third kappa shape index (κ3) is 3.54. The summed E-state index contributed by atoms with van der Waals surface area (Å²) in [6.45, 7) is 0. The van der Waals surface area contributed by atoms with Gasteiger partial charge in [-0.05, 0) is 36.2 Å². The normalized spacial score (nSPS) is 10.8. The van der Waals surface area contributed by atoms with E-state index in [-0.39, 0.29) is 34.9 Å². The van der Waals surface area contributed by atoms with Gasteiger partial charge in [0, 0.05) is 18.9 Å². The van der Waals surface area contributed by atoms with Crippen molar-refractivity contribution in [2.75, 3.05) is 7.11 Å². The summed E-state index contributed by atoms with van der Waals surface area (Å²) < 4.78 is 10.5. The molecule has 0 radical (unpaired) electrons. The number of carbonyl (C=O) groups is 1. The maximum absolute atomic E-state index is 13.0. The van der Waals surface area contributed by atoms with Crippen molar-refractivity contribution >= 4 is 16.9 Å². The smallest absolute Gasteiger partial charge is 0.305 e. The van der Waals surface area contributed by atoms with E-state index in [4.69, 9.17) is 4.42 Å². The second kappa shape index (κ2) is 7.31. The lowest BCUT2D eigenvalue weighted by atomic mass is 9.99. The van der Waals surface area contributed by atoms with Crippen LogP contribution >= 0.6 is 0 Å². The maximum atomic E-state index is 13.0. The van der Waals surface area contributed by atoms with Crippen molar-refractivity contribution in [2.24, 2.45) is 0 Å². The van der Waals surface area contributed by atoms with Crippen molar-refractivity contribution in [2.45, 2.75) is 19.3 Å². The van der Waals surface area contributed by atoms with Crippen LogP contribution in [-0.4, -0.2) is 23.3 Å². The Labute approximate surface area is 149 Å². The highest BCUT2D eigenvalue weighted by atomic mass is 16.5. The average Bonchev–Trinajstić information content (AvgIpc) is 2.62. The van der Waals surface area contributed by atoms with Crippen molar-refractivity contribution < 1.29 is 24.2 Å². The minimum atomic E-state index is -0.336. The van der Waals surface area contributed by atoms with Gasteiger partial charge in [0.25, 0.3) is 0 Å². The topological polar surface area (TPSA) is 97.0 Å². The number of rotatable bonds is 5. The zero-order valence-electron chi connectivity index (χ0n) is 14.2. The minimum Gasteiger partial charge on any atom is -0.508 e. The van der Waals surface area contributed by atoms with Gasteiger partial charge in [0.05, 0.1) is 18.1 Å². The first-order chi connectivity index (χ1) is 12.5. The number of hydrogen-bond acceptors (Lipinski definition) is 6. The van der Waals surface area contributed by atoms with Gasteiger partial charge in [-0.3, -0.25) is 9.59 Å². The predicted molar refractivity (Wildman–Crippen MR) is 96.2 cm³/mol. The van der Waals surface area contributed by atoms with Crippen LogP contribution < -0.4 is 5.43 Å². The molecule has 26 heavy (non-hydrogen) atoms. The standard InChI is InChI=1S/C20H18O6/c1-25-18(23)4-2-3-16-19(12-5-7-13(21)8-6-12)20(24)15-10-9-14(22)11-17(15)26-16/h5-11,21-22H,2-4H2,1H3. The molecule has 3 rings (SSSR count). The lowest BCUT2D eigenvalue weighted by Crippen LogP contribution is -2.10. The van der Waals surface area contributed by atoms with Gasteiger partial charge in [-0.1, -0.05) is 12.1 Å². The fourth-order valence-electron chi connectivity index (χ4n) is 2.82. The Morgan fingerprint density at radius 1 is 1.08 bits per heavy atom. The highest BCUT2D eigenvalue weighted by Crippen LogP contribution is 2.28. The number of aromatic hydroxyl groups is 2. The van der Waals surface area contributed by atoms with Crippen LogP contribution in [0.5, 0.6) is 11.5 Å². The quantitative estimate of drug-likeness (QED) is 0.682. The van der Waals surface area contributed by atoms with Gasteiger partial charge >= 0.3 is 5.97 Å². The Bertz CT molecular complexity index is 1000. The van der Waals surface area contributed by atoms with Crippen molar-refractivity contribution in [3.63, 3.8) is 0 Å². The van der Waals surface area contributed by atoms with E-state index in [0.29, 0.717) is 35.1 Å². The fourth-order valence-corrected chi connectivity index (χ4v) is 2.82. The van der Waals surface area contributed by atoms with E-state index < -0.39 is 0 Å². The maximum Gasteiger partial charge on any atom is 0.305 e. The highest BCUT2D eigenvalue weighted by Gasteiger charge is 2.17. The van der Waals surface area contributed by atoms with Crippen molar-refractivity contribution in [3.05, 3.63) is 58.4 Å². The van der Waals surface area contributed by atoms with Gasteiger partial charge in [0.2, 0.25) is 5.43 Å². The molecule has 0 saturated carbocycles. The van der Waals surface area contributed by atoms with Gasteiger partial charge in [-0.25, -0.2) is 0 Å². The second-order valence-corrected chi connectivity index (χ2v) is 5.89. The molecular formula is C20H18O6. The molecular weight excluding hydrogens is 336 g/mol. The first-order valence-corrected chi connectivity index (χ1v) is 8.14. The Morgan fingerprint density at radius 3 is 2.46 bits per heavy atom. The molecule has 0 fully saturated rings. The number of ether oxygens (including phenoxy) is 1. The van der Waals surface area contributed by atoms with Gasteiger partial charge in [0.1, 0.15) is 22.8 Å². The molecule has 0 atom stereocenters. The summed E-state index contributed by atoms with van der Waals surface area (Å²) in [5.41, 5.74) is 1.04. The molecule has 2 N–H and O–H groups in total. The molecule has 0 amide bonds. The summed E-state index contributed by atoms with van der Waals surface area (Å²) in [6, 6.07) is 10.6. The van der Waals surface area contributed by atoms with Crippen molar-refractivity contribution in [3.8, 4) is 22.6 Å². The van der Waals surface area contributed by atoms with Crippen LogP contribution in [0.15, 0.2) is 51.7 Å². The van der Waals surface area contributed by atoms with E-state index in [1.165, 1.54) is 37.4 Å². The third-order valence-corrected chi connectivity index (χ3v) is 4.12. The molecule has 0 bridgehead atoms. The van der Waals surface area contributed by atoms with Crippen LogP contribution in [0.2, 0.25) is 0 Å². The molecule has 0 aliphatic heterocycles.